The van der Waals surface area contributed by atoms with E-state index in [1.165, 1.54) is 11.3 Å². The topological polar surface area (TPSA) is 71.4 Å². The zero-order chi connectivity index (χ0) is 19.0. The Morgan fingerprint density at radius 1 is 1.19 bits per heavy atom. The molecule has 27 heavy (non-hydrogen) atoms. The van der Waals surface area contributed by atoms with Crippen molar-refractivity contribution < 1.29 is 9.59 Å². The minimum Gasteiger partial charge on any atom is -0.326 e. The van der Waals surface area contributed by atoms with Crippen LogP contribution < -0.4 is 15.1 Å². The number of fused-ring (bicyclic) bond motifs is 1. The van der Waals surface area contributed by atoms with Gasteiger partial charge in [0, 0.05) is 30.9 Å². The van der Waals surface area contributed by atoms with Gasteiger partial charge in [0.05, 0.1) is 16.1 Å². The number of hydrogen-bond donors (Lipinski definition) is 1. The van der Waals surface area contributed by atoms with Crippen molar-refractivity contribution in [2.45, 2.75) is 19.9 Å². The third-order valence-electron chi connectivity index (χ3n) is 4.82. The number of benzene rings is 2. The number of anilines is 2. The summed E-state index contributed by atoms with van der Waals surface area (Å²) in [4.78, 5) is 38.6. The van der Waals surface area contributed by atoms with E-state index in [2.05, 4.69) is 5.32 Å². The first-order valence-corrected chi connectivity index (χ1v) is 9.68. The van der Waals surface area contributed by atoms with Crippen LogP contribution in [0.25, 0.3) is 10.2 Å². The Labute approximate surface area is 160 Å². The minimum atomic E-state index is -0.396. The van der Waals surface area contributed by atoms with Crippen LogP contribution in [0.1, 0.15) is 13.3 Å². The monoisotopic (exact) mass is 381 g/mol. The molecule has 0 radical (unpaired) electrons. The Bertz CT molecular complexity index is 1070. The van der Waals surface area contributed by atoms with Gasteiger partial charge < -0.3 is 10.2 Å². The second-order valence-corrected chi connectivity index (χ2v) is 7.52. The largest absolute Gasteiger partial charge is 0.326 e. The predicted octanol–water partition coefficient (Wildman–Crippen LogP) is 3.07. The molecule has 3 aromatic rings. The van der Waals surface area contributed by atoms with Gasteiger partial charge in [0.2, 0.25) is 11.8 Å². The normalized spacial score (nSPS) is 16.9. The number of rotatable bonds is 4. The van der Waals surface area contributed by atoms with Gasteiger partial charge in [-0.05, 0) is 37.3 Å². The van der Waals surface area contributed by atoms with Crippen LogP contribution >= 0.6 is 11.3 Å². The Balaban J connectivity index is 1.50. The number of amides is 2. The first-order valence-electron chi connectivity index (χ1n) is 8.86. The van der Waals surface area contributed by atoms with E-state index in [0.717, 1.165) is 15.9 Å². The van der Waals surface area contributed by atoms with Crippen molar-refractivity contribution in [2.24, 2.45) is 5.92 Å². The number of hydrogen-bond acceptors (Lipinski definition) is 4. The van der Waals surface area contributed by atoms with E-state index in [-0.39, 0.29) is 23.1 Å². The molecule has 7 heteroatoms. The molecule has 0 bridgehead atoms. The molecule has 6 nitrogen and oxygen atoms in total. The summed E-state index contributed by atoms with van der Waals surface area (Å²) in [6, 6.07) is 14.8. The molecule has 1 saturated heterocycles. The summed E-state index contributed by atoms with van der Waals surface area (Å²) in [5.41, 5.74) is 2.32. The van der Waals surface area contributed by atoms with E-state index in [1.807, 2.05) is 49.4 Å². The molecular weight excluding hydrogens is 362 g/mol. The average Bonchev–Trinajstić information content (AvgIpc) is 3.21. The third kappa shape index (κ3) is 3.26. The molecule has 1 fully saturated rings. The van der Waals surface area contributed by atoms with Crippen LogP contribution in [-0.2, 0) is 16.1 Å². The van der Waals surface area contributed by atoms with E-state index in [9.17, 15) is 14.4 Å². The summed E-state index contributed by atoms with van der Waals surface area (Å²) < 4.78 is 2.55. The van der Waals surface area contributed by atoms with Crippen molar-refractivity contribution in [3.63, 3.8) is 0 Å². The molecule has 0 spiro atoms. The lowest BCUT2D eigenvalue weighted by Gasteiger charge is -2.16. The summed E-state index contributed by atoms with van der Waals surface area (Å²) in [5, 5.41) is 2.89. The summed E-state index contributed by atoms with van der Waals surface area (Å²) >= 11 is 1.17. The van der Waals surface area contributed by atoms with Gasteiger partial charge in [-0.3, -0.25) is 19.0 Å². The third-order valence-corrected chi connectivity index (χ3v) is 5.76. The molecule has 1 aromatic heterocycles. The molecule has 1 N–H and O–H groups in total. The Morgan fingerprint density at radius 3 is 2.70 bits per heavy atom. The van der Waals surface area contributed by atoms with E-state index in [1.54, 1.807) is 15.5 Å². The maximum Gasteiger partial charge on any atom is 0.308 e. The lowest BCUT2D eigenvalue weighted by atomic mass is 10.1. The van der Waals surface area contributed by atoms with Gasteiger partial charge in [-0.25, -0.2) is 0 Å². The molecular formula is C20H19N3O3S. The summed E-state index contributed by atoms with van der Waals surface area (Å²) in [5.74, 6) is -0.620. The Morgan fingerprint density at radius 2 is 1.96 bits per heavy atom. The second kappa shape index (κ2) is 7.00. The number of carbonyl (C=O) groups is 2. The number of para-hydroxylation sites is 1. The lowest BCUT2D eigenvalue weighted by molar-refractivity contribution is -0.122. The van der Waals surface area contributed by atoms with Crippen molar-refractivity contribution in [1.29, 1.82) is 0 Å². The van der Waals surface area contributed by atoms with Gasteiger partial charge in [-0.15, -0.1) is 0 Å². The highest BCUT2D eigenvalue weighted by Crippen LogP contribution is 2.27. The summed E-state index contributed by atoms with van der Waals surface area (Å²) in [7, 11) is 0. The van der Waals surface area contributed by atoms with Crippen LogP contribution in [-0.4, -0.2) is 22.9 Å². The number of aryl methyl sites for hydroxylation is 1. The maximum absolute atomic E-state index is 12.6. The smallest absolute Gasteiger partial charge is 0.308 e. The predicted molar refractivity (Wildman–Crippen MR) is 107 cm³/mol. The van der Waals surface area contributed by atoms with Crippen molar-refractivity contribution in [3.05, 3.63) is 58.2 Å². The van der Waals surface area contributed by atoms with E-state index in [4.69, 9.17) is 0 Å². The number of carbonyl (C=O) groups excluding carboxylic acids is 2. The van der Waals surface area contributed by atoms with Crippen LogP contribution in [0.5, 0.6) is 0 Å². The van der Waals surface area contributed by atoms with Gasteiger partial charge in [0.1, 0.15) is 0 Å². The van der Waals surface area contributed by atoms with Gasteiger partial charge in [-0.1, -0.05) is 29.5 Å². The van der Waals surface area contributed by atoms with E-state index in [0.29, 0.717) is 18.8 Å². The van der Waals surface area contributed by atoms with Gasteiger partial charge >= 0.3 is 4.87 Å². The average molecular weight is 381 g/mol. The highest BCUT2D eigenvalue weighted by Gasteiger charge is 2.35. The van der Waals surface area contributed by atoms with Gasteiger partial charge in [0.25, 0.3) is 0 Å². The van der Waals surface area contributed by atoms with Crippen molar-refractivity contribution >= 4 is 44.7 Å². The second-order valence-electron chi connectivity index (χ2n) is 6.52. The number of nitrogens with one attached hydrogen (secondary N) is 1. The summed E-state index contributed by atoms with van der Waals surface area (Å²) in [6.45, 7) is 2.92. The van der Waals surface area contributed by atoms with Gasteiger partial charge in [0.15, 0.2) is 0 Å². The molecule has 4 rings (SSSR count). The fourth-order valence-corrected chi connectivity index (χ4v) is 4.42. The number of nitrogens with zero attached hydrogens (tertiary/aromatic N) is 2. The van der Waals surface area contributed by atoms with Crippen LogP contribution in [0.15, 0.2) is 53.3 Å². The molecule has 2 heterocycles. The highest BCUT2D eigenvalue weighted by atomic mass is 32.1. The van der Waals surface area contributed by atoms with Crippen molar-refractivity contribution in [2.75, 3.05) is 16.8 Å². The van der Waals surface area contributed by atoms with Crippen molar-refractivity contribution in [3.8, 4) is 0 Å². The molecule has 138 valence electrons. The van der Waals surface area contributed by atoms with Crippen LogP contribution in [0.2, 0.25) is 0 Å². The minimum absolute atomic E-state index is 0.00382. The fraction of sp³-hybridized carbons (Fsp3) is 0.250. The SMILES string of the molecule is CCn1c(=O)sc2cc(NC(=O)[C@H]3CC(=O)N(c4ccccc4)C3)ccc21. The first-order chi connectivity index (χ1) is 13.1. The Kier molecular flexibility index (Phi) is 4.53. The van der Waals surface area contributed by atoms with Crippen LogP contribution in [0.3, 0.4) is 0 Å². The molecule has 2 aromatic carbocycles. The standard InChI is InChI=1S/C20H19N3O3S/c1-2-22-16-9-8-14(11-17(16)27-20(22)26)21-19(25)13-10-18(24)23(12-13)15-6-4-3-5-7-15/h3-9,11,13H,2,10,12H2,1H3,(H,21,25)/t13-/m0/s1. The zero-order valence-corrected chi connectivity index (χ0v) is 15.7. The lowest BCUT2D eigenvalue weighted by Crippen LogP contribution is -2.28. The number of thiazole rings is 1. The molecule has 1 aliphatic heterocycles. The van der Waals surface area contributed by atoms with Crippen LogP contribution in [0.4, 0.5) is 11.4 Å². The van der Waals surface area contributed by atoms with E-state index >= 15 is 0 Å². The van der Waals surface area contributed by atoms with E-state index < -0.39 is 5.92 Å². The van der Waals surface area contributed by atoms with Crippen LogP contribution in [0, 0.1) is 5.92 Å². The molecule has 1 aliphatic rings. The molecule has 0 saturated carbocycles. The Hall–Kier alpha value is -2.93. The fourth-order valence-electron chi connectivity index (χ4n) is 3.43. The molecule has 0 aliphatic carbocycles. The first kappa shape index (κ1) is 17.5. The quantitative estimate of drug-likeness (QED) is 0.755. The highest BCUT2D eigenvalue weighted by molar-refractivity contribution is 7.16. The zero-order valence-electron chi connectivity index (χ0n) is 14.8. The number of aromatic nitrogens is 1. The van der Waals surface area contributed by atoms with Crippen molar-refractivity contribution in [1.82, 2.24) is 4.57 Å². The maximum atomic E-state index is 12.6. The molecule has 1 atom stereocenters. The molecule has 2 amide bonds. The molecule has 0 unspecified atom stereocenters. The van der Waals surface area contributed by atoms with Gasteiger partial charge in [-0.2, -0.15) is 0 Å². The summed E-state index contributed by atoms with van der Waals surface area (Å²) in [6.07, 6.45) is 0.197.